The van der Waals surface area contributed by atoms with Crippen molar-refractivity contribution >= 4 is 37.5 Å². The first-order chi connectivity index (χ1) is 13.5. The summed E-state index contributed by atoms with van der Waals surface area (Å²) >= 11 is 6.05. The van der Waals surface area contributed by atoms with Crippen LogP contribution in [0.15, 0.2) is 23.5 Å². The third kappa shape index (κ3) is 5.66. The molecule has 154 valence electrons. The van der Waals surface area contributed by atoms with Crippen molar-refractivity contribution in [2.75, 3.05) is 38.1 Å². The van der Waals surface area contributed by atoms with Crippen molar-refractivity contribution in [2.24, 2.45) is 4.99 Å². The van der Waals surface area contributed by atoms with Gasteiger partial charge in [-0.05, 0) is 26.0 Å². The first-order valence-corrected chi connectivity index (χ1v) is 10.6. The van der Waals surface area contributed by atoms with Gasteiger partial charge in [0, 0.05) is 6.21 Å². The summed E-state index contributed by atoms with van der Waals surface area (Å²) < 4.78 is 33.9. The number of carbonyl (C=O) groups excluding carboxylic acids is 1. The number of anilines is 1. The van der Waals surface area contributed by atoms with Crippen LogP contribution in [0.25, 0.3) is 0 Å². The lowest BCUT2D eigenvalue weighted by atomic mass is 10.1. The first-order valence-electron chi connectivity index (χ1n) is 8.54. The maximum absolute atomic E-state index is 12.4. The molecule has 1 atom stereocenters. The third-order valence-electron chi connectivity index (χ3n) is 3.47. The second kappa shape index (κ2) is 10.8. The molecule has 1 amide bonds. The average Bonchev–Trinajstić information content (AvgIpc) is 3.13. The number of hydrogen-bond donors (Lipinski definition) is 1. The average molecular weight is 433 g/mol. The zero-order valence-electron chi connectivity index (χ0n) is 15.5. The van der Waals surface area contributed by atoms with Crippen LogP contribution in [0.3, 0.4) is 0 Å². The number of amides is 1. The van der Waals surface area contributed by atoms with Gasteiger partial charge >= 0.3 is 7.60 Å². The number of carbonyl (C=O) groups is 1. The Hall–Kier alpha value is -1.68. The summed E-state index contributed by atoms with van der Waals surface area (Å²) in [6, 6.07) is 0. The summed E-state index contributed by atoms with van der Waals surface area (Å²) in [6.45, 7) is 4.13. The molecule has 1 aliphatic rings. The van der Waals surface area contributed by atoms with Gasteiger partial charge in [-0.2, -0.15) is 0 Å². The van der Waals surface area contributed by atoms with Gasteiger partial charge in [-0.3, -0.25) is 9.36 Å². The Labute approximate surface area is 167 Å². The number of aliphatic imine (C=N–C) groups is 1. The number of nitrogens with zero attached hydrogens (tertiary/aromatic N) is 3. The highest BCUT2D eigenvalue weighted by molar-refractivity contribution is 7.53. The Morgan fingerprint density at radius 2 is 2.00 bits per heavy atom. The molecule has 0 aromatic carbocycles. The highest BCUT2D eigenvalue weighted by Gasteiger charge is 2.36. The zero-order chi connectivity index (χ0) is 20.5. The van der Waals surface area contributed by atoms with E-state index in [-0.39, 0.29) is 49.3 Å². The molecule has 1 aromatic rings. The fourth-order valence-corrected chi connectivity index (χ4v) is 3.98. The monoisotopic (exact) mass is 432 g/mol. The van der Waals surface area contributed by atoms with Gasteiger partial charge in [0.2, 0.25) is 12.1 Å². The molecule has 10 nitrogen and oxygen atoms in total. The molecule has 0 radical (unpaired) electrons. The zero-order valence-corrected chi connectivity index (χ0v) is 17.2. The van der Waals surface area contributed by atoms with Crippen molar-refractivity contribution in [1.82, 2.24) is 9.97 Å². The van der Waals surface area contributed by atoms with Crippen LogP contribution < -0.4 is 5.32 Å². The number of nitrogens with one attached hydrogen (secondary N) is 1. The molecule has 1 unspecified atom stereocenters. The molecule has 1 aromatic heterocycles. The van der Waals surface area contributed by atoms with Gasteiger partial charge in [-0.1, -0.05) is 11.6 Å². The van der Waals surface area contributed by atoms with Crippen LogP contribution in [-0.4, -0.2) is 55.4 Å². The van der Waals surface area contributed by atoms with E-state index >= 15 is 0 Å². The lowest BCUT2D eigenvalue weighted by Crippen LogP contribution is -2.28. The minimum Gasteiger partial charge on any atom is -0.366 e. The SMILES string of the molecule is CCOP(=O)(COCCOC1(c2ncnc(Cl)c2NC=O)C=CC=N1)OCC. The van der Waals surface area contributed by atoms with Gasteiger partial charge in [0.15, 0.2) is 5.15 Å². The van der Waals surface area contributed by atoms with Crippen LogP contribution in [0.2, 0.25) is 5.15 Å². The van der Waals surface area contributed by atoms with E-state index in [1.165, 1.54) is 6.33 Å². The molecule has 28 heavy (non-hydrogen) atoms. The third-order valence-corrected chi connectivity index (χ3v) is 5.56. The summed E-state index contributed by atoms with van der Waals surface area (Å²) in [5, 5.41) is 2.53. The van der Waals surface area contributed by atoms with Gasteiger partial charge in [0.25, 0.3) is 0 Å². The Balaban J connectivity index is 2.02. The van der Waals surface area contributed by atoms with E-state index in [2.05, 4.69) is 20.3 Å². The fourth-order valence-electron chi connectivity index (χ4n) is 2.42. The summed E-state index contributed by atoms with van der Waals surface area (Å²) in [5.41, 5.74) is -0.815. The molecule has 0 saturated carbocycles. The summed E-state index contributed by atoms with van der Waals surface area (Å²) in [5.74, 6) is 0. The predicted octanol–water partition coefficient (Wildman–Crippen LogP) is 2.75. The quantitative estimate of drug-likeness (QED) is 0.218. The molecular weight excluding hydrogens is 411 g/mol. The number of allylic oxidation sites excluding steroid dienone is 1. The Morgan fingerprint density at radius 1 is 1.25 bits per heavy atom. The lowest BCUT2D eigenvalue weighted by molar-refractivity contribution is -0.105. The van der Waals surface area contributed by atoms with Crippen LogP contribution in [0, 0.1) is 0 Å². The number of aromatic nitrogens is 2. The maximum atomic E-state index is 12.4. The topological polar surface area (TPSA) is 121 Å². The molecule has 1 N–H and O–H groups in total. The van der Waals surface area contributed by atoms with Gasteiger partial charge in [-0.15, -0.1) is 0 Å². The molecule has 2 heterocycles. The van der Waals surface area contributed by atoms with Crippen molar-refractivity contribution in [2.45, 2.75) is 19.6 Å². The molecule has 0 spiro atoms. The predicted molar refractivity (Wildman–Crippen MR) is 104 cm³/mol. The number of rotatable bonds is 13. The van der Waals surface area contributed by atoms with Gasteiger partial charge < -0.3 is 23.8 Å². The van der Waals surface area contributed by atoms with E-state index in [0.29, 0.717) is 6.41 Å². The molecule has 0 bridgehead atoms. The minimum absolute atomic E-state index is 0.0567. The Kier molecular flexibility index (Phi) is 8.68. The normalized spacial score (nSPS) is 18.5. The van der Waals surface area contributed by atoms with Crippen LogP contribution in [0.5, 0.6) is 0 Å². The Morgan fingerprint density at radius 3 is 2.61 bits per heavy atom. The van der Waals surface area contributed by atoms with Gasteiger partial charge in [0.05, 0.1) is 26.4 Å². The molecule has 12 heteroatoms. The smallest absolute Gasteiger partial charge is 0.356 e. The molecular formula is C16H22ClN4O6P. The maximum Gasteiger partial charge on any atom is 0.356 e. The molecule has 1 aliphatic heterocycles. The van der Waals surface area contributed by atoms with Crippen molar-refractivity contribution in [3.63, 3.8) is 0 Å². The van der Waals surface area contributed by atoms with Crippen LogP contribution in [0.1, 0.15) is 19.5 Å². The Bertz CT molecular complexity index is 754. The molecule has 0 aliphatic carbocycles. The van der Waals surface area contributed by atoms with Crippen LogP contribution in [0.4, 0.5) is 5.69 Å². The number of hydrogen-bond acceptors (Lipinski definition) is 9. The minimum atomic E-state index is -3.29. The second-order valence-corrected chi connectivity index (χ2v) is 7.67. The number of halogens is 1. The standard InChI is InChI=1S/C16H22ClN4O6P/c1-3-26-28(23,27-4-2)12-24-8-9-25-16(6-5-7-21-16)14-13(20-11-22)15(17)19-10-18-14/h5-7,10-11H,3-4,8-9,12H2,1-2H3,(H,20,22). The lowest BCUT2D eigenvalue weighted by Gasteiger charge is -2.26. The van der Waals surface area contributed by atoms with E-state index < -0.39 is 13.3 Å². The largest absolute Gasteiger partial charge is 0.366 e. The van der Waals surface area contributed by atoms with Crippen LogP contribution in [-0.2, 0) is 33.6 Å². The van der Waals surface area contributed by atoms with Crippen molar-refractivity contribution < 1.29 is 27.9 Å². The summed E-state index contributed by atoms with van der Waals surface area (Å²) in [6.07, 6.45) is 6.40. The van der Waals surface area contributed by atoms with Crippen molar-refractivity contribution in [1.29, 1.82) is 0 Å². The van der Waals surface area contributed by atoms with E-state index in [9.17, 15) is 9.36 Å². The highest BCUT2D eigenvalue weighted by atomic mass is 35.5. The van der Waals surface area contributed by atoms with Crippen LogP contribution >= 0.6 is 19.2 Å². The fraction of sp³-hybridized carbons (Fsp3) is 0.500. The molecule has 2 rings (SSSR count). The second-order valence-electron chi connectivity index (χ2n) is 5.32. The molecule has 0 fully saturated rings. The van der Waals surface area contributed by atoms with E-state index in [1.807, 2.05) is 0 Å². The first kappa shape index (κ1) is 22.6. The van der Waals surface area contributed by atoms with E-state index in [1.54, 1.807) is 32.2 Å². The summed E-state index contributed by atoms with van der Waals surface area (Å²) in [7, 11) is -3.29. The summed E-state index contributed by atoms with van der Waals surface area (Å²) in [4.78, 5) is 23.2. The van der Waals surface area contributed by atoms with Gasteiger partial charge in [-0.25, -0.2) is 15.0 Å². The van der Waals surface area contributed by atoms with Crippen molar-refractivity contribution in [3.8, 4) is 0 Å². The van der Waals surface area contributed by atoms with Crippen molar-refractivity contribution in [3.05, 3.63) is 29.3 Å². The highest BCUT2D eigenvalue weighted by Crippen LogP contribution is 2.47. The van der Waals surface area contributed by atoms with Gasteiger partial charge in [0.1, 0.15) is 24.1 Å². The number of ether oxygens (including phenoxy) is 2. The molecule has 0 saturated heterocycles. The van der Waals surface area contributed by atoms with E-state index in [4.69, 9.17) is 30.1 Å². The van der Waals surface area contributed by atoms with E-state index in [0.717, 1.165) is 0 Å².